The van der Waals surface area contributed by atoms with E-state index in [-0.39, 0.29) is 22.5 Å². The molecule has 11 heteroatoms. The third-order valence-electron chi connectivity index (χ3n) is 4.55. The van der Waals surface area contributed by atoms with Crippen molar-refractivity contribution in [3.8, 4) is 0 Å². The first-order chi connectivity index (χ1) is 14.0. The lowest BCUT2D eigenvalue weighted by Gasteiger charge is -2.23. The van der Waals surface area contributed by atoms with Crippen molar-refractivity contribution in [2.75, 3.05) is 24.1 Å². The fourth-order valence-corrected chi connectivity index (χ4v) is 6.02. The lowest BCUT2D eigenvalue weighted by Crippen LogP contribution is -2.34. The van der Waals surface area contributed by atoms with Gasteiger partial charge in [0.1, 0.15) is 0 Å². The van der Waals surface area contributed by atoms with Crippen molar-refractivity contribution in [3.05, 3.63) is 45.0 Å². The third-order valence-corrected chi connectivity index (χ3v) is 8.06. The van der Waals surface area contributed by atoms with Gasteiger partial charge in [0, 0.05) is 30.0 Å². The second kappa shape index (κ2) is 8.58. The summed E-state index contributed by atoms with van der Waals surface area (Å²) in [5.41, 5.74) is 0.276. The number of thiazole rings is 1. The van der Waals surface area contributed by atoms with Crippen LogP contribution in [-0.4, -0.2) is 44.4 Å². The van der Waals surface area contributed by atoms with E-state index in [1.54, 1.807) is 0 Å². The molecule has 0 aliphatic carbocycles. The van der Waals surface area contributed by atoms with E-state index < -0.39 is 21.2 Å². The van der Waals surface area contributed by atoms with Crippen LogP contribution in [0.3, 0.4) is 0 Å². The van der Waals surface area contributed by atoms with Crippen LogP contribution in [0.25, 0.3) is 0 Å². The lowest BCUT2D eigenvalue weighted by molar-refractivity contribution is -0.385. The molecule has 0 N–H and O–H groups in total. The van der Waals surface area contributed by atoms with Crippen LogP contribution in [0.1, 0.15) is 37.8 Å². The Morgan fingerprint density at radius 2 is 1.97 bits per heavy atom. The molecule has 1 aromatic carbocycles. The number of ether oxygens (including phenoxy) is 2. The molecule has 0 radical (unpaired) electrons. The minimum Gasteiger partial charge on any atom is -0.350 e. The molecule has 9 nitrogen and oxygen atoms in total. The number of aromatic nitrogens is 1. The zero-order chi connectivity index (χ0) is 22.1. The summed E-state index contributed by atoms with van der Waals surface area (Å²) in [4.78, 5) is 15.9. The molecule has 2 heterocycles. The second-order valence-electron chi connectivity index (χ2n) is 7.95. The summed E-state index contributed by atoms with van der Waals surface area (Å²) in [5.74, 6) is 0. The Bertz CT molecular complexity index is 1020. The Morgan fingerprint density at radius 1 is 1.30 bits per heavy atom. The zero-order valence-corrected chi connectivity index (χ0v) is 19.0. The average Bonchev–Trinajstić information content (AvgIpc) is 3.31. The molecular formula is C19H25N3O6S2. The minimum atomic E-state index is -4.09. The van der Waals surface area contributed by atoms with Crippen LogP contribution in [0.4, 0.5) is 10.8 Å². The van der Waals surface area contributed by atoms with Gasteiger partial charge in [0.15, 0.2) is 11.4 Å². The maximum absolute atomic E-state index is 13.5. The number of non-ortho nitro benzene ring substituents is 1. The van der Waals surface area contributed by atoms with Crippen LogP contribution in [0.15, 0.2) is 29.2 Å². The van der Waals surface area contributed by atoms with Gasteiger partial charge in [-0.3, -0.25) is 10.1 Å². The van der Waals surface area contributed by atoms with Gasteiger partial charge < -0.3 is 9.47 Å². The monoisotopic (exact) mass is 455 g/mol. The van der Waals surface area contributed by atoms with Crippen LogP contribution in [0, 0.1) is 17.0 Å². The van der Waals surface area contributed by atoms with Crippen molar-refractivity contribution in [2.24, 2.45) is 0 Å². The van der Waals surface area contributed by atoms with Gasteiger partial charge in [-0.05, 0) is 18.4 Å². The van der Waals surface area contributed by atoms with E-state index in [1.807, 2.05) is 27.7 Å². The van der Waals surface area contributed by atoms with Crippen molar-refractivity contribution < 1.29 is 22.8 Å². The number of nitrogens with zero attached hydrogens (tertiary/aromatic N) is 3. The molecule has 0 bridgehead atoms. The SMILES string of the molecule is Cc1nc(N(CCC2OCCO2)S(=O)(=O)c2cccc([N+](=O)[O-])c2)sc1C(C)(C)C. The van der Waals surface area contributed by atoms with Crippen LogP contribution in [0.5, 0.6) is 0 Å². The van der Waals surface area contributed by atoms with Crippen molar-refractivity contribution in [1.82, 2.24) is 4.98 Å². The molecule has 1 aliphatic heterocycles. The minimum absolute atomic E-state index is 0.0756. The van der Waals surface area contributed by atoms with Crippen molar-refractivity contribution in [1.29, 1.82) is 0 Å². The average molecular weight is 456 g/mol. The van der Waals surface area contributed by atoms with Crippen LogP contribution < -0.4 is 4.31 Å². The summed E-state index contributed by atoms with van der Waals surface area (Å²) < 4.78 is 39.0. The molecule has 30 heavy (non-hydrogen) atoms. The van der Waals surface area contributed by atoms with E-state index in [0.717, 1.165) is 16.6 Å². The van der Waals surface area contributed by atoms with Crippen molar-refractivity contribution in [3.63, 3.8) is 0 Å². The van der Waals surface area contributed by atoms with Crippen LogP contribution >= 0.6 is 11.3 Å². The quantitative estimate of drug-likeness (QED) is 0.463. The van der Waals surface area contributed by atoms with E-state index in [2.05, 4.69) is 4.98 Å². The molecule has 0 spiro atoms. The summed E-state index contributed by atoms with van der Waals surface area (Å²) in [7, 11) is -4.09. The number of nitro benzene ring substituents is 1. The van der Waals surface area contributed by atoms with E-state index in [4.69, 9.17) is 9.47 Å². The highest BCUT2D eigenvalue weighted by Gasteiger charge is 2.32. The number of nitro groups is 1. The zero-order valence-electron chi connectivity index (χ0n) is 17.3. The molecule has 0 saturated carbocycles. The van der Waals surface area contributed by atoms with E-state index in [9.17, 15) is 18.5 Å². The molecule has 1 saturated heterocycles. The maximum atomic E-state index is 13.5. The van der Waals surface area contributed by atoms with E-state index >= 15 is 0 Å². The van der Waals surface area contributed by atoms with Crippen LogP contribution in [-0.2, 0) is 24.9 Å². The fourth-order valence-electron chi connectivity index (χ4n) is 3.18. The molecule has 3 rings (SSSR count). The lowest BCUT2D eigenvalue weighted by atomic mass is 9.94. The standard InChI is InChI=1S/C19H25N3O6S2/c1-13-17(19(2,3)4)29-18(20-13)21(9-8-16-27-10-11-28-16)30(25,26)15-7-5-6-14(12-15)22(23)24/h5-7,12,16H,8-11H2,1-4H3. The van der Waals surface area contributed by atoms with Gasteiger partial charge >= 0.3 is 0 Å². The van der Waals surface area contributed by atoms with Crippen molar-refractivity contribution >= 4 is 32.2 Å². The van der Waals surface area contributed by atoms with Crippen molar-refractivity contribution in [2.45, 2.75) is 50.7 Å². The van der Waals surface area contributed by atoms with Gasteiger partial charge in [0.2, 0.25) is 0 Å². The smallest absolute Gasteiger partial charge is 0.270 e. The molecule has 0 unspecified atom stereocenters. The molecule has 1 fully saturated rings. The molecule has 1 aromatic heterocycles. The van der Waals surface area contributed by atoms with Gasteiger partial charge in [-0.1, -0.05) is 26.8 Å². The highest BCUT2D eigenvalue weighted by atomic mass is 32.2. The largest absolute Gasteiger partial charge is 0.350 e. The van der Waals surface area contributed by atoms with E-state index in [1.165, 1.54) is 33.8 Å². The number of rotatable bonds is 7. The first-order valence-electron chi connectivity index (χ1n) is 9.48. The number of aryl methyl sites for hydroxylation is 1. The van der Waals surface area contributed by atoms with Gasteiger partial charge in [-0.15, -0.1) is 11.3 Å². The Hall–Kier alpha value is -2.08. The first-order valence-corrected chi connectivity index (χ1v) is 11.7. The van der Waals surface area contributed by atoms with Crippen LogP contribution in [0.2, 0.25) is 0 Å². The highest BCUT2D eigenvalue weighted by Crippen LogP contribution is 2.37. The molecule has 2 aromatic rings. The number of sulfonamides is 1. The predicted molar refractivity (Wildman–Crippen MR) is 113 cm³/mol. The Morgan fingerprint density at radius 3 is 2.53 bits per heavy atom. The predicted octanol–water partition coefficient (Wildman–Crippen LogP) is 3.62. The number of hydrogen-bond donors (Lipinski definition) is 0. The highest BCUT2D eigenvalue weighted by molar-refractivity contribution is 7.93. The second-order valence-corrected chi connectivity index (χ2v) is 10.8. The number of hydrogen-bond acceptors (Lipinski definition) is 8. The third kappa shape index (κ3) is 4.80. The van der Waals surface area contributed by atoms with E-state index in [0.29, 0.717) is 24.8 Å². The fraction of sp³-hybridized carbons (Fsp3) is 0.526. The summed E-state index contributed by atoms with van der Waals surface area (Å²) in [6, 6.07) is 5.04. The topological polar surface area (TPSA) is 112 Å². The molecule has 0 amide bonds. The Labute approximate surface area is 179 Å². The maximum Gasteiger partial charge on any atom is 0.270 e. The number of anilines is 1. The number of benzene rings is 1. The molecule has 0 atom stereocenters. The van der Waals surface area contributed by atoms with Gasteiger partial charge in [0.05, 0.1) is 28.7 Å². The summed E-state index contributed by atoms with van der Waals surface area (Å²) in [5, 5.41) is 11.5. The van der Waals surface area contributed by atoms with Gasteiger partial charge in [-0.25, -0.2) is 17.7 Å². The van der Waals surface area contributed by atoms with Gasteiger partial charge in [0.25, 0.3) is 15.7 Å². The van der Waals surface area contributed by atoms with Gasteiger partial charge in [-0.2, -0.15) is 0 Å². The first kappa shape index (κ1) is 22.6. The molecule has 1 aliphatic rings. The normalized spacial score (nSPS) is 15.5. The summed E-state index contributed by atoms with van der Waals surface area (Å²) >= 11 is 1.31. The summed E-state index contributed by atoms with van der Waals surface area (Å²) in [6.07, 6.45) is -0.173. The Balaban J connectivity index is 2.02. The molecular weight excluding hydrogens is 430 g/mol. The molecule has 164 valence electrons. The summed E-state index contributed by atoms with van der Waals surface area (Å²) in [6.45, 7) is 8.97. The Kier molecular flexibility index (Phi) is 6.46.